The van der Waals surface area contributed by atoms with Gasteiger partial charge in [-0.2, -0.15) is 0 Å². The van der Waals surface area contributed by atoms with Gasteiger partial charge in [0.15, 0.2) is 0 Å². The predicted molar refractivity (Wildman–Crippen MR) is 63.0 cm³/mol. The highest BCUT2D eigenvalue weighted by Crippen LogP contribution is 2.36. The van der Waals surface area contributed by atoms with Gasteiger partial charge in [-0.1, -0.05) is 26.8 Å². The first-order chi connectivity index (χ1) is 7.01. The van der Waals surface area contributed by atoms with Crippen LogP contribution in [0.4, 0.5) is 0 Å². The Morgan fingerprint density at radius 3 is 2.40 bits per heavy atom. The van der Waals surface area contributed by atoms with Crippen LogP contribution >= 0.6 is 0 Å². The van der Waals surface area contributed by atoms with Crippen molar-refractivity contribution >= 4 is 0 Å². The summed E-state index contributed by atoms with van der Waals surface area (Å²) in [4.78, 5) is 0. The van der Waals surface area contributed by atoms with Crippen LogP contribution in [0.15, 0.2) is 22.9 Å². The molecule has 5 N–H and O–H groups in total. The maximum Gasteiger partial charge on any atom is 0.0687 e. The second kappa shape index (κ2) is 4.37. The van der Waals surface area contributed by atoms with Gasteiger partial charge in [-0.3, -0.25) is 0 Å². The minimum Gasteiger partial charge on any atom is -0.402 e. The van der Waals surface area contributed by atoms with E-state index >= 15 is 0 Å². The van der Waals surface area contributed by atoms with Gasteiger partial charge in [0.05, 0.1) is 12.1 Å². The summed E-state index contributed by atoms with van der Waals surface area (Å²) in [6, 6.07) is 0. The largest absolute Gasteiger partial charge is 0.402 e. The van der Waals surface area contributed by atoms with E-state index in [4.69, 9.17) is 11.5 Å². The van der Waals surface area contributed by atoms with E-state index in [0.717, 1.165) is 29.7 Å². The van der Waals surface area contributed by atoms with Crippen molar-refractivity contribution in [3.63, 3.8) is 0 Å². The molecule has 1 aliphatic rings. The summed E-state index contributed by atoms with van der Waals surface area (Å²) in [5.41, 5.74) is 14.7. The van der Waals surface area contributed by atoms with Crippen LogP contribution in [0.2, 0.25) is 0 Å². The van der Waals surface area contributed by atoms with Gasteiger partial charge in [0, 0.05) is 11.6 Å². The third-order valence-electron chi connectivity index (χ3n) is 3.58. The van der Waals surface area contributed by atoms with Gasteiger partial charge in [-0.05, 0) is 24.0 Å². The first-order valence-electron chi connectivity index (χ1n) is 5.60. The Labute approximate surface area is 91.8 Å². The van der Waals surface area contributed by atoms with Crippen molar-refractivity contribution in [2.75, 3.05) is 6.61 Å². The van der Waals surface area contributed by atoms with E-state index in [-0.39, 0.29) is 12.5 Å². The molecule has 0 aromatic rings. The molecular weight excluding hydrogens is 188 g/mol. The summed E-state index contributed by atoms with van der Waals surface area (Å²) in [6.45, 7) is 6.08. The average Bonchev–Trinajstić information content (AvgIpc) is 2.26. The summed E-state index contributed by atoms with van der Waals surface area (Å²) in [6.07, 6.45) is 3.84. The molecule has 15 heavy (non-hydrogen) atoms. The minimum absolute atomic E-state index is 0.0115. The predicted octanol–water partition coefficient (Wildman–Crippen LogP) is 1.29. The third kappa shape index (κ3) is 1.82. The van der Waals surface area contributed by atoms with E-state index in [1.54, 1.807) is 0 Å². The van der Waals surface area contributed by atoms with Gasteiger partial charge in [0.25, 0.3) is 0 Å². The van der Waals surface area contributed by atoms with E-state index in [2.05, 4.69) is 19.9 Å². The molecule has 2 atom stereocenters. The Morgan fingerprint density at radius 2 is 2.00 bits per heavy atom. The summed E-state index contributed by atoms with van der Waals surface area (Å²) < 4.78 is 0. The van der Waals surface area contributed by atoms with Gasteiger partial charge in [-0.15, -0.1) is 0 Å². The number of hydrogen-bond acceptors (Lipinski definition) is 3. The van der Waals surface area contributed by atoms with Crippen LogP contribution in [0, 0.1) is 5.92 Å². The number of hydrogen-bond donors (Lipinski definition) is 3. The standard InChI is InChI=1S/C12H22N2O/c1-4-9-6-10(5-2)12(14,7-15)8(3)11(9)13/h6,8,15H,4-5,7,13-14H2,1-3H3. The molecule has 0 fully saturated rings. The fourth-order valence-electron chi connectivity index (χ4n) is 2.24. The van der Waals surface area contributed by atoms with Crippen LogP contribution in [0.5, 0.6) is 0 Å². The van der Waals surface area contributed by atoms with Gasteiger partial charge in [0.2, 0.25) is 0 Å². The van der Waals surface area contributed by atoms with E-state index in [0.29, 0.717) is 0 Å². The topological polar surface area (TPSA) is 72.3 Å². The highest BCUT2D eigenvalue weighted by atomic mass is 16.3. The molecule has 0 saturated carbocycles. The van der Waals surface area contributed by atoms with Crippen molar-refractivity contribution in [2.24, 2.45) is 17.4 Å². The molecule has 0 heterocycles. The van der Waals surface area contributed by atoms with Crippen molar-refractivity contribution in [1.29, 1.82) is 0 Å². The molecular formula is C12H22N2O. The highest BCUT2D eigenvalue weighted by molar-refractivity contribution is 5.41. The zero-order valence-corrected chi connectivity index (χ0v) is 9.88. The second-order valence-electron chi connectivity index (χ2n) is 4.28. The Hall–Kier alpha value is -0.800. The van der Waals surface area contributed by atoms with Crippen LogP contribution < -0.4 is 11.5 Å². The average molecular weight is 210 g/mol. The fourth-order valence-corrected chi connectivity index (χ4v) is 2.24. The van der Waals surface area contributed by atoms with Crippen molar-refractivity contribution < 1.29 is 5.11 Å². The highest BCUT2D eigenvalue weighted by Gasteiger charge is 2.39. The van der Waals surface area contributed by atoms with Crippen LogP contribution in [-0.4, -0.2) is 17.3 Å². The Kier molecular flexibility index (Phi) is 3.58. The normalized spacial score (nSPS) is 31.8. The molecule has 1 aliphatic carbocycles. The van der Waals surface area contributed by atoms with Gasteiger partial charge in [-0.25, -0.2) is 0 Å². The summed E-state index contributed by atoms with van der Waals surface area (Å²) >= 11 is 0. The smallest absolute Gasteiger partial charge is 0.0687 e. The molecule has 3 heteroatoms. The maximum atomic E-state index is 9.45. The summed E-state index contributed by atoms with van der Waals surface area (Å²) in [7, 11) is 0. The van der Waals surface area contributed by atoms with Crippen LogP contribution in [0.1, 0.15) is 33.6 Å². The fraction of sp³-hybridized carbons (Fsp3) is 0.667. The molecule has 0 aromatic carbocycles. The van der Waals surface area contributed by atoms with E-state index in [1.165, 1.54) is 0 Å². The van der Waals surface area contributed by atoms with Crippen molar-refractivity contribution in [1.82, 2.24) is 0 Å². The zero-order valence-electron chi connectivity index (χ0n) is 9.88. The molecule has 86 valence electrons. The molecule has 0 radical (unpaired) electrons. The van der Waals surface area contributed by atoms with E-state index in [1.807, 2.05) is 6.92 Å². The molecule has 1 rings (SSSR count). The first kappa shape index (κ1) is 12.3. The van der Waals surface area contributed by atoms with E-state index < -0.39 is 5.54 Å². The van der Waals surface area contributed by atoms with Crippen LogP contribution in [-0.2, 0) is 0 Å². The van der Waals surface area contributed by atoms with Crippen molar-refractivity contribution in [2.45, 2.75) is 39.2 Å². The first-order valence-corrected chi connectivity index (χ1v) is 5.60. The summed E-state index contributed by atoms with van der Waals surface area (Å²) in [5.74, 6) is 0.0115. The molecule has 3 nitrogen and oxygen atoms in total. The zero-order chi connectivity index (χ0) is 11.6. The lowest BCUT2D eigenvalue weighted by molar-refractivity contribution is 0.182. The molecule has 0 aromatic heterocycles. The Bertz CT molecular complexity index is 307. The number of rotatable bonds is 3. The van der Waals surface area contributed by atoms with Gasteiger partial charge < -0.3 is 16.6 Å². The van der Waals surface area contributed by atoms with Crippen molar-refractivity contribution in [3.8, 4) is 0 Å². The van der Waals surface area contributed by atoms with Gasteiger partial charge >= 0.3 is 0 Å². The molecule has 0 aliphatic heterocycles. The monoisotopic (exact) mass is 210 g/mol. The van der Waals surface area contributed by atoms with E-state index in [9.17, 15) is 5.11 Å². The number of aliphatic hydroxyl groups is 1. The maximum absolute atomic E-state index is 9.45. The SMILES string of the molecule is CCC1=CC(CC)=C(N)C(C)C1(N)CO. The number of nitrogens with two attached hydrogens (primary N) is 2. The number of allylic oxidation sites excluding steroid dienone is 2. The minimum atomic E-state index is -0.669. The summed E-state index contributed by atoms with van der Waals surface area (Å²) in [5, 5.41) is 9.45. The quantitative estimate of drug-likeness (QED) is 0.657. The molecule has 2 unspecified atom stereocenters. The molecule has 0 spiro atoms. The lowest BCUT2D eigenvalue weighted by Gasteiger charge is -2.40. The lowest BCUT2D eigenvalue weighted by Crippen LogP contribution is -2.54. The van der Waals surface area contributed by atoms with Crippen LogP contribution in [0.25, 0.3) is 0 Å². The molecule has 0 amide bonds. The second-order valence-corrected chi connectivity index (χ2v) is 4.28. The Morgan fingerprint density at radius 1 is 1.40 bits per heavy atom. The lowest BCUT2D eigenvalue weighted by atomic mass is 9.72. The van der Waals surface area contributed by atoms with Gasteiger partial charge in [0.1, 0.15) is 0 Å². The third-order valence-corrected chi connectivity index (χ3v) is 3.58. The molecule has 0 saturated heterocycles. The number of aliphatic hydroxyl groups excluding tert-OH is 1. The van der Waals surface area contributed by atoms with Crippen molar-refractivity contribution in [3.05, 3.63) is 22.9 Å². The Balaban J connectivity index is 3.21. The molecule has 0 bridgehead atoms. The van der Waals surface area contributed by atoms with Crippen LogP contribution in [0.3, 0.4) is 0 Å².